The predicted molar refractivity (Wildman–Crippen MR) is 124 cm³/mol. The molecule has 0 saturated heterocycles. The molecule has 2 amide bonds. The van der Waals surface area contributed by atoms with Crippen LogP contribution in [0.15, 0.2) is 12.1 Å². The van der Waals surface area contributed by atoms with Crippen LogP contribution in [0, 0.1) is 0 Å². The Morgan fingerprint density at radius 1 is 1.16 bits per heavy atom. The van der Waals surface area contributed by atoms with Crippen LogP contribution < -0.4 is 16.0 Å². The van der Waals surface area contributed by atoms with Crippen LogP contribution in [0.1, 0.15) is 78.0 Å². The molecule has 0 saturated carbocycles. The summed E-state index contributed by atoms with van der Waals surface area (Å²) in [6.07, 6.45) is 5.19. The number of nitrogens with zero attached hydrogens (tertiary/aromatic N) is 1. The van der Waals surface area contributed by atoms with E-state index in [0.29, 0.717) is 6.42 Å². The van der Waals surface area contributed by atoms with Gasteiger partial charge in [0.25, 0.3) is 0 Å². The second kappa shape index (κ2) is 17.1. The van der Waals surface area contributed by atoms with Gasteiger partial charge in [-0.25, -0.2) is 9.78 Å². The number of fused-ring (bicyclic) bond motifs is 1. The lowest BCUT2D eigenvalue weighted by atomic mass is 10.1. The molecule has 0 bridgehead atoms. The summed E-state index contributed by atoms with van der Waals surface area (Å²) in [5, 5.41) is 17.4. The van der Waals surface area contributed by atoms with Crippen molar-refractivity contribution >= 4 is 23.6 Å². The third-order valence-electron chi connectivity index (χ3n) is 4.47. The number of carboxylic acid groups (broad SMARTS) is 1. The maximum atomic E-state index is 11.8. The Morgan fingerprint density at radius 2 is 1.87 bits per heavy atom. The summed E-state index contributed by atoms with van der Waals surface area (Å²) < 4.78 is 0. The summed E-state index contributed by atoms with van der Waals surface area (Å²) in [5.74, 6) is -0.628. The number of pyridine rings is 1. The van der Waals surface area contributed by atoms with Gasteiger partial charge in [-0.3, -0.25) is 9.59 Å². The number of carbonyl (C=O) groups excluding carboxylic acids is 2. The summed E-state index contributed by atoms with van der Waals surface area (Å²) >= 11 is 0. The molecule has 1 atom stereocenters. The molecule has 8 nitrogen and oxygen atoms in total. The first-order chi connectivity index (χ1) is 15.0. The summed E-state index contributed by atoms with van der Waals surface area (Å²) in [4.78, 5) is 38.4. The molecule has 1 unspecified atom stereocenters. The lowest BCUT2D eigenvalue weighted by molar-refractivity contribution is -0.141. The predicted octanol–water partition coefficient (Wildman–Crippen LogP) is 3.30. The Bertz CT molecular complexity index is 680. The van der Waals surface area contributed by atoms with Gasteiger partial charge >= 0.3 is 5.97 Å². The largest absolute Gasteiger partial charge is 0.480 e. The zero-order chi connectivity index (χ0) is 23.6. The van der Waals surface area contributed by atoms with Crippen molar-refractivity contribution in [3.63, 3.8) is 0 Å². The van der Waals surface area contributed by atoms with Crippen LogP contribution in [0.2, 0.25) is 0 Å². The molecule has 1 aliphatic heterocycles. The molecule has 31 heavy (non-hydrogen) atoms. The maximum absolute atomic E-state index is 11.8. The number of aromatic nitrogens is 1. The average molecular weight is 437 g/mol. The summed E-state index contributed by atoms with van der Waals surface area (Å²) in [5.41, 5.74) is 2.30. The van der Waals surface area contributed by atoms with Crippen LogP contribution in [-0.4, -0.2) is 47.0 Å². The van der Waals surface area contributed by atoms with Gasteiger partial charge in [-0.1, -0.05) is 33.8 Å². The maximum Gasteiger partial charge on any atom is 0.326 e. The zero-order valence-corrected chi connectivity index (χ0v) is 19.7. The fourth-order valence-electron chi connectivity index (χ4n) is 3.05. The molecule has 1 aliphatic rings. The number of anilines is 1. The van der Waals surface area contributed by atoms with Crippen molar-refractivity contribution in [1.29, 1.82) is 0 Å². The normalized spacial score (nSPS) is 12.4. The highest BCUT2D eigenvalue weighted by Gasteiger charge is 2.18. The topological polar surface area (TPSA) is 120 Å². The third kappa shape index (κ3) is 12.0. The molecule has 2 heterocycles. The molecule has 4 N–H and O–H groups in total. The number of rotatable bonds is 10. The van der Waals surface area contributed by atoms with Gasteiger partial charge < -0.3 is 21.1 Å². The number of hydrogen-bond donors (Lipinski definition) is 4. The third-order valence-corrected chi connectivity index (χ3v) is 4.47. The average Bonchev–Trinajstić information content (AvgIpc) is 2.78. The first-order valence-electron chi connectivity index (χ1n) is 11.4. The first-order valence-corrected chi connectivity index (χ1v) is 11.4. The van der Waals surface area contributed by atoms with Crippen LogP contribution in [0.4, 0.5) is 5.82 Å². The van der Waals surface area contributed by atoms with E-state index >= 15 is 0 Å². The molecule has 1 aromatic rings. The Balaban J connectivity index is 0.00000212. The molecule has 2 rings (SSSR count). The summed E-state index contributed by atoms with van der Waals surface area (Å²) in [6.45, 7) is 10.4. The van der Waals surface area contributed by atoms with E-state index in [2.05, 4.69) is 33.1 Å². The minimum atomic E-state index is -1.11. The molecular weight excluding hydrogens is 396 g/mol. The Morgan fingerprint density at radius 3 is 2.52 bits per heavy atom. The van der Waals surface area contributed by atoms with Gasteiger partial charge in [0.2, 0.25) is 11.8 Å². The number of unbranched alkanes of at least 4 members (excludes halogenated alkanes) is 1. The molecule has 8 heteroatoms. The van der Waals surface area contributed by atoms with Crippen molar-refractivity contribution < 1.29 is 19.5 Å². The molecule has 0 fully saturated rings. The fourth-order valence-corrected chi connectivity index (χ4v) is 3.05. The van der Waals surface area contributed by atoms with E-state index in [9.17, 15) is 14.4 Å². The van der Waals surface area contributed by atoms with Crippen molar-refractivity contribution in [3.8, 4) is 0 Å². The van der Waals surface area contributed by atoms with Crippen LogP contribution >= 0.6 is 0 Å². The van der Waals surface area contributed by atoms with Crippen molar-refractivity contribution in [2.75, 3.05) is 18.4 Å². The van der Waals surface area contributed by atoms with Gasteiger partial charge in [0.1, 0.15) is 11.9 Å². The number of amides is 2. The first kappa shape index (κ1) is 28.4. The van der Waals surface area contributed by atoms with Gasteiger partial charge in [-0.2, -0.15) is 0 Å². The van der Waals surface area contributed by atoms with Gasteiger partial charge in [-0.05, 0) is 50.2 Å². The van der Waals surface area contributed by atoms with Crippen LogP contribution in [0.5, 0.6) is 0 Å². The number of aryl methyl sites for hydroxylation is 2. The highest BCUT2D eigenvalue weighted by atomic mass is 16.4. The second-order valence-electron chi connectivity index (χ2n) is 6.78. The summed E-state index contributed by atoms with van der Waals surface area (Å²) in [6, 6.07) is 3.20. The van der Waals surface area contributed by atoms with E-state index in [1.807, 2.05) is 27.7 Å². The minimum Gasteiger partial charge on any atom is -0.480 e. The van der Waals surface area contributed by atoms with E-state index in [1.54, 1.807) is 0 Å². The Kier molecular flexibility index (Phi) is 15.6. The van der Waals surface area contributed by atoms with E-state index < -0.39 is 17.9 Å². The van der Waals surface area contributed by atoms with Crippen molar-refractivity contribution in [2.45, 2.75) is 85.6 Å². The van der Waals surface area contributed by atoms with Gasteiger partial charge in [0.05, 0.1) is 0 Å². The molecule has 0 spiro atoms. The highest BCUT2D eigenvalue weighted by molar-refractivity contribution is 5.82. The van der Waals surface area contributed by atoms with Crippen LogP contribution in [-0.2, 0) is 27.2 Å². The summed E-state index contributed by atoms with van der Waals surface area (Å²) in [7, 11) is 0. The monoisotopic (exact) mass is 436 g/mol. The zero-order valence-electron chi connectivity index (χ0n) is 19.7. The molecule has 0 radical (unpaired) electrons. The smallest absolute Gasteiger partial charge is 0.326 e. The quantitative estimate of drug-likeness (QED) is 0.418. The molecular formula is C23H40N4O4. The van der Waals surface area contributed by atoms with E-state index in [4.69, 9.17) is 5.11 Å². The molecule has 0 aromatic carbocycles. The van der Waals surface area contributed by atoms with Crippen LogP contribution in [0.25, 0.3) is 0 Å². The Labute approximate surface area is 186 Å². The Hall–Kier alpha value is -2.64. The van der Waals surface area contributed by atoms with E-state index in [0.717, 1.165) is 50.2 Å². The van der Waals surface area contributed by atoms with Gasteiger partial charge in [0, 0.05) is 32.1 Å². The standard InChI is InChI=1S/C19H28N4O4.2C2H6/c1-13(24)22-16(19(26)27)10-12-20-17(25)7-3-2-6-15-9-8-14-5-4-11-21-18(14)23-15;2*1-2/h8-9,16H,2-7,10-12H2,1H3,(H,20,25)(H,21,23)(H,22,24)(H,26,27);2*1-2H3. The fraction of sp³-hybridized carbons (Fsp3) is 0.652. The lowest BCUT2D eigenvalue weighted by Crippen LogP contribution is -2.42. The van der Waals surface area contributed by atoms with Crippen molar-refractivity contribution in [1.82, 2.24) is 15.6 Å². The number of aliphatic carboxylic acids is 1. The second-order valence-corrected chi connectivity index (χ2v) is 6.78. The van der Waals surface area contributed by atoms with E-state index in [1.165, 1.54) is 12.5 Å². The van der Waals surface area contributed by atoms with Gasteiger partial charge in [0.15, 0.2) is 0 Å². The SMILES string of the molecule is CC.CC.CC(=O)NC(CCNC(=O)CCCCc1ccc2c(n1)NCCC2)C(=O)O. The van der Waals surface area contributed by atoms with Crippen molar-refractivity contribution in [3.05, 3.63) is 23.4 Å². The van der Waals surface area contributed by atoms with Crippen LogP contribution in [0.3, 0.4) is 0 Å². The highest BCUT2D eigenvalue weighted by Crippen LogP contribution is 2.20. The minimum absolute atomic E-state index is 0.109. The number of hydrogen-bond acceptors (Lipinski definition) is 5. The van der Waals surface area contributed by atoms with Gasteiger partial charge in [-0.15, -0.1) is 0 Å². The molecule has 0 aliphatic carbocycles. The number of carboxylic acids is 1. The number of carbonyl (C=O) groups is 3. The molecule has 1 aromatic heterocycles. The number of nitrogens with one attached hydrogen (secondary N) is 3. The van der Waals surface area contributed by atoms with E-state index in [-0.39, 0.29) is 18.9 Å². The molecule has 176 valence electrons. The van der Waals surface area contributed by atoms with Crippen molar-refractivity contribution in [2.24, 2.45) is 0 Å². The lowest BCUT2D eigenvalue weighted by Gasteiger charge is -2.17.